The van der Waals surface area contributed by atoms with Gasteiger partial charge in [-0.1, -0.05) is 18.1 Å². The zero-order valence-corrected chi connectivity index (χ0v) is 8.75. The van der Waals surface area contributed by atoms with E-state index in [0.29, 0.717) is 6.54 Å². The average Bonchev–Trinajstić information content (AvgIpc) is 2.13. The van der Waals surface area contributed by atoms with Crippen LogP contribution in [0.5, 0.6) is 0 Å². The van der Waals surface area contributed by atoms with Crippen LogP contribution in [0.2, 0.25) is 0 Å². The van der Waals surface area contributed by atoms with E-state index in [9.17, 15) is 0 Å². The first-order valence-electron chi connectivity index (χ1n) is 4.61. The summed E-state index contributed by atoms with van der Waals surface area (Å²) in [5.41, 5.74) is 9.04. The first kappa shape index (κ1) is 10.6. The second kappa shape index (κ2) is 4.69. The van der Waals surface area contributed by atoms with Crippen molar-refractivity contribution in [2.75, 3.05) is 19.3 Å². The predicted molar refractivity (Wildman–Crippen MR) is 60.8 cm³/mol. The predicted octanol–water partition coefficient (Wildman–Crippen LogP) is 1.64. The fraction of sp³-hybridized carbons (Fsp3) is 0.333. The van der Waals surface area contributed by atoms with Crippen LogP contribution in [0.1, 0.15) is 11.1 Å². The summed E-state index contributed by atoms with van der Waals surface area (Å²) in [6, 6.07) is 5.97. The molecule has 0 aromatic heterocycles. The van der Waals surface area contributed by atoms with Gasteiger partial charge in [-0.3, -0.25) is 4.90 Å². The van der Waals surface area contributed by atoms with Gasteiger partial charge >= 0.3 is 0 Å². The van der Waals surface area contributed by atoms with Crippen molar-refractivity contribution in [3.63, 3.8) is 0 Å². The molecule has 0 aliphatic rings. The Balaban J connectivity index is 2.77. The van der Waals surface area contributed by atoms with Crippen LogP contribution in [0.15, 0.2) is 18.2 Å². The Morgan fingerprint density at radius 2 is 2.21 bits per heavy atom. The highest BCUT2D eigenvalue weighted by Crippen LogP contribution is 2.16. The summed E-state index contributed by atoms with van der Waals surface area (Å²) in [6.07, 6.45) is 5.23. The Morgan fingerprint density at radius 1 is 1.50 bits per heavy atom. The summed E-state index contributed by atoms with van der Waals surface area (Å²) in [5, 5.41) is 0. The molecule has 0 spiro atoms. The van der Waals surface area contributed by atoms with Gasteiger partial charge in [-0.15, -0.1) is 6.42 Å². The minimum Gasteiger partial charge on any atom is -0.399 e. The number of nitrogens with two attached hydrogens (primary N) is 1. The molecule has 0 atom stereocenters. The summed E-state index contributed by atoms with van der Waals surface area (Å²) in [7, 11) is 2.00. The number of hydrogen-bond donors (Lipinski definition) is 1. The standard InChI is InChI=1S/C12H16N2/c1-4-8-14(3)9-11-6-5-7-12(13)10(11)2/h1,5-7H,8-9,13H2,2-3H3. The van der Waals surface area contributed by atoms with Gasteiger partial charge in [0.1, 0.15) is 0 Å². The number of hydrogen-bond acceptors (Lipinski definition) is 2. The van der Waals surface area contributed by atoms with Crippen LogP contribution in [0.25, 0.3) is 0 Å². The van der Waals surface area contributed by atoms with E-state index in [2.05, 4.69) is 16.9 Å². The molecule has 0 fully saturated rings. The summed E-state index contributed by atoms with van der Waals surface area (Å²) in [6.45, 7) is 3.55. The lowest BCUT2D eigenvalue weighted by molar-refractivity contribution is 0.368. The monoisotopic (exact) mass is 188 g/mol. The molecule has 2 N–H and O–H groups in total. The van der Waals surface area contributed by atoms with Crippen molar-refractivity contribution in [3.8, 4) is 12.3 Å². The zero-order valence-electron chi connectivity index (χ0n) is 8.75. The lowest BCUT2D eigenvalue weighted by Gasteiger charge is -2.15. The maximum absolute atomic E-state index is 5.81. The van der Waals surface area contributed by atoms with Crippen molar-refractivity contribution >= 4 is 5.69 Å². The second-order valence-corrected chi connectivity index (χ2v) is 3.51. The molecule has 14 heavy (non-hydrogen) atoms. The Hall–Kier alpha value is -1.46. The van der Waals surface area contributed by atoms with Crippen molar-refractivity contribution in [2.24, 2.45) is 0 Å². The van der Waals surface area contributed by atoms with Gasteiger partial charge in [-0.2, -0.15) is 0 Å². The molecule has 2 heteroatoms. The molecular weight excluding hydrogens is 172 g/mol. The van der Waals surface area contributed by atoms with E-state index >= 15 is 0 Å². The van der Waals surface area contributed by atoms with E-state index in [1.54, 1.807) is 0 Å². The van der Waals surface area contributed by atoms with Crippen LogP contribution >= 0.6 is 0 Å². The minimum absolute atomic E-state index is 0.661. The Kier molecular flexibility index (Phi) is 3.55. The van der Waals surface area contributed by atoms with E-state index < -0.39 is 0 Å². The third-order valence-electron chi connectivity index (χ3n) is 2.29. The van der Waals surface area contributed by atoms with Crippen LogP contribution < -0.4 is 5.73 Å². The van der Waals surface area contributed by atoms with Gasteiger partial charge in [0.05, 0.1) is 6.54 Å². The van der Waals surface area contributed by atoms with E-state index in [-0.39, 0.29) is 0 Å². The van der Waals surface area contributed by atoms with Crippen LogP contribution in [0, 0.1) is 19.3 Å². The lowest BCUT2D eigenvalue weighted by Crippen LogP contribution is -2.18. The van der Waals surface area contributed by atoms with E-state index in [0.717, 1.165) is 17.8 Å². The summed E-state index contributed by atoms with van der Waals surface area (Å²) < 4.78 is 0. The molecule has 74 valence electrons. The smallest absolute Gasteiger partial charge is 0.0599 e. The molecule has 1 aromatic rings. The number of nitrogen functional groups attached to an aromatic ring is 1. The molecular formula is C12H16N2. The van der Waals surface area contributed by atoms with Gasteiger partial charge in [0.25, 0.3) is 0 Å². The Labute approximate surface area is 85.7 Å². The fourth-order valence-electron chi connectivity index (χ4n) is 1.38. The molecule has 0 aliphatic carbocycles. The van der Waals surface area contributed by atoms with Crippen molar-refractivity contribution in [2.45, 2.75) is 13.5 Å². The topological polar surface area (TPSA) is 29.3 Å². The highest BCUT2D eigenvalue weighted by Gasteiger charge is 2.03. The van der Waals surface area contributed by atoms with Crippen molar-refractivity contribution in [1.82, 2.24) is 4.90 Å². The lowest BCUT2D eigenvalue weighted by atomic mass is 10.1. The quantitative estimate of drug-likeness (QED) is 0.577. The molecule has 0 saturated carbocycles. The molecule has 0 unspecified atom stereocenters. The second-order valence-electron chi connectivity index (χ2n) is 3.51. The fourth-order valence-corrected chi connectivity index (χ4v) is 1.38. The first-order valence-corrected chi connectivity index (χ1v) is 4.61. The summed E-state index contributed by atoms with van der Waals surface area (Å²) >= 11 is 0. The molecule has 0 radical (unpaired) electrons. The first-order chi connectivity index (χ1) is 6.65. The number of rotatable bonds is 3. The van der Waals surface area contributed by atoms with Gasteiger partial charge < -0.3 is 5.73 Å². The molecule has 2 nitrogen and oxygen atoms in total. The molecule has 1 rings (SSSR count). The van der Waals surface area contributed by atoms with Gasteiger partial charge in [-0.05, 0) is 31.2 Å². The maximum Gasteiger partial charge on any atom is 0.0599 e. The van der Waals surface area contributed by atoms with Crippen molar-refractivity contribution < 1.29 is 0 Å². The highest BCUT2D eigenvalue weighted by molar-refractivity contribution is 5.49. The number of anilines is 1. The normalized spacial score (nSPS) is 10.1. The maximum atomic E-state index is 5.81. The SMILES string of the molecule is C#CCN(C)Cc1cccc(N)c1C. The number of benzene rings is 1. The van der Waals surface area contributed by atoms with Gasteiger partial charge in [0.15, 0.2) is 0 Å². The largest absolute Gasteiger partial charge is 0.399 e. The van der Waals surface area contributed by atoms with Crippen LogP contribution in [0.4, 0.5) is 5.69 Å². The molecule has 0 bridgehead atoms. The number of nitrogens with zero attached hydrogens (tertiary/aromatic N) is 1. The van der Waals surface area contributed by atoms with Crippen LogP contribution in [0.3, 0.4) is 0 Å². The molecule has 0 heterocycles. The van der Waals surface area contributed by atoms with Gasteiger partial charge in [0, 0.05) is 12.2 Å². The minimum atomic E-state index is 0.661. The molecule has 0 saturated heterocycles. The van der Waals surface area contributed by atoms with Gasteiger partial charge in [0.2, 0.25) is 0 Å². The average molecular weight is 188 g/mol. The molecule has 0 amide bonds. The number of terminal acetylenes is 1. The Bertz CT molecular complexity index is 350. The van der Waals surface area contributed by atoms with E-state index in [4.69, 9.17) is 12.2 Å². The van der Waals surface area contributed by atoms with Crippen LogP contribution in [-0.4, -0.2) is 18.5 Å². The van der Waals surface area contributed by atoms with E-state index in [1.165, 1.54) is 5.56 Å². The molecule has 1 aromatic carbocycles. The summed E-state index contributed by atoms with van der Waals surface area (Å²) in [5.74, 6) is 2.62. The van der Waals surface area contributed by atoms with Gasteiger partial charge in [-0.25, -0.2) is 0 Å². The highest BCUT2D eigenvalue weighted by atomic mass is 15.1. The Morgan fingerprint density at radius 3 is 2.86 bits per heavy atom. The van der Waals surface area contributed by atoms with Crippen molar-refractivity contribution in [3.05, 3.63) is 29.3 Å². The summed E-state index contributed by atoms with van der Waals surface area (Å²) in [4.78, 5) is 2.09. The molecule has 0 aliphatic heterocycles. The van der Waals surface area contributed by atoms with E-state index in [1.807, 2.05) is 26.1 Å². The van der Waals surface area contributed by atoms with Crippen LogP contribution in [-0.2, 0) is 6.54 Å². The third kappa shape index (κ3) is 2.51. The third-order valence-corrected chi connectivity index (χ3v) is 2.29. The zero-order chi connectivity index (χ0) is 10.6. The van der Waals surface area contributed by atoms with Crippen molar-refractivity contribution in [1.29, 1.82) is 0 Å².